The van der Waals surface area contributed by atoms with Gasteiger partial charge in [0, 0.05) is 0 Å². The van der Waals surface area contributed by atoms with E-state index >= 15 is 0 Å². The maximum Gasteiger partial charge on any atom is 0.104 e. The molecule has 0 spiro atoms. The van der Waals surface area contributed by atoms with Gasteiger partial charge in [0.05, 0.1) is 11.7 Å². The first kappa shape index (κ1) is 18.7. The van der Waals surface area contributed by atoms with E-state index in [1.807, 2.05) is 0 Å². The summed E-state index contributed by atoms with van der Waals surface area (Å²) in [5.41, 5.74) is 10.2. The first-order valence-electron chi connectivity index (χ1n) is 11.0. The van der Waals surface area contributed by atoms with Crippen LogP contribution >= 0.6 is 11.3 Å². The van der Waals surface area contributed by atoms with Crippen LogP contribution in [0.15, 0.2) is 17.0 Å². The molecule has 1 aromatic rings. The van der Waals surface area contributed by atoms with Crippen molar-refractivity contribution in [3.05, 3.63) is 28.2 Å². The minimum Gasteiger partial charge on any atom is -0.393 e. The van der Waals surface area contributed by atoms with E-state index in [-0.39, 0.29) is 11.5 Å². The number of thiophene rings is 1. The summed E-state index contributed by atoms with van der Waals surface area (Å²) in [4.78, 5) is 0. The Bertz CT molecular complexity index is 866. The normalized spacial score (nSPS) is 44.8. The summed E-state index contributed by atoms with van der Waals surface area (Å²) in [7, 11) is 0. The lowest BCUT2D eigenvalue weighted by Crippen LogP contribution is -2.50. The molecule has 0 aliphatic heterocycles. The Morgan fingerprint density at radius 1 is 1.18 bits per heavy atom. The van der Waals surface area contributed by atoms with Crippen LogP contribution in [0.2, 0.25) is 0 Å². The quantitative estimate of drug-likeness (QED) is 0.606. The van der Waals surface area contributed by atoms with E-state index in [1.165, 1.54) is 49.0 Å². The van der Waals surface area contributed by atoms with Crippen LogP contribution in [0.5, 0.6) is 0 Å². The first-order chi connectivity index (χ1) is 13.4. The van der Waals surface area contributed by atoms with Gasteiger partial charge in [0.25, 0.3) is 0 Å². The minimum absolute atomic E-state index is 0.131. The van der Waals surface area contributed by atoms with E-state index in [0.29, 0.717) is 16.3 Å². The minimum atomic E-state index is -0.131. The van der Waals surface area contributed by atoms with Crippen molar-refractivity contribution in [2.45, 2.75) is 77.2 Å². The summed E-state index contributed by atoms with van der Waals surface area (Å²) in [6, 6.07) is 2.39. The molecular weight excluding hydrogens is 364 g/mol. The lowest BCUT2D eigenvalue weighted by Gasteiger charge is -2.58. The molecule has 1 heterocycles. The Balaban J connectivity index is 1.48. The first-order valence-corrected chi connectivity index (χ1v) is 11.9. The number of nitrogens with zero attached hydrogens (tertiary/aromatic N) is 1. The molecule has 0 radical (unpaired) electrons. The smallest absolute Gasteiger partial charge is 0.104 e. The summed E-state index contributed by atoms with van der Waals surface area (Å²) >= 11 is 1.54. The van der Waals surface area contributed by atoms with Crippen LogP contribution in [-0.4, -0.2) is 11.2 Å². The molecule has 0 saturated heterocycles. The second-order valence-electron chi connectivity index (χ2n) is 10.4. The number of allylic oxidation sites excluding steroid dienone is 1. The van der Waals surface area contributed by atoms with Gasteiger partial charge in [0.1, 0.15) is 11.1 Å². The fourth-order valence-electron chi connectivity index (χ4n) is 7.92. The molecule has 4 aliphatic rings. The van der Waals surface area contributed by atoms with Crippen molar-refractivity contribution in [2.75, 3.05) is 5.73 Å². The Morgan fingerprint density at radius 2 is 2.00 bits per heavy atom. The van der Waals surface area contributed by atoms with E-state index in [0.717, 1.165) is 42.6 Å². The molecule has 1 aromatic heterocycles. The van der Waals surface area contributed by atoms with Crippen LogP contribution < -0.4 is 5.73 Å². The molecule has 5 rings (SSSR count). The monoisotopic (exact) mass is 396 g/mol. The fourth-order valence-corrected chi connectivity index (χ4v) is 8.73. The van der Waals surface area contributed by atoms with E-state index in [2.05, 4.69) is 31.4 Å². The summed E-state index contributed by atoms with van der Waals surface area (Å²) in [6.45, 7) is 5.00. The van der Waals surface area contributed by atoms with Crippen molar-refractivity contribution in [2.24, 2.45) is 28.6 Å². The zero-order valence-electron chi connectivity index (χ0n) is 17.1. The summed E-state index contributed by atoms with van der Waals surface area (Å²) in [5, 5.41) is 22.7. The third kappa shape index (κ3) is 2.42. The zero-order valence-corrected chi connectivity index (χ0v) is 17.9. The second-order valence-corrected chi connectivity index (χ2v) is 11.3. The Hall–Kier alpha value is -1.31. The number of nitrogen functional groups attached to an aromatic ring is 1. The van der Waals surface area contributed by atoms with Gasteiger partial charge in [-0.05, 0) is 96.8 Å². The average molecular weight is 397 g/mol. The highest BCUT2D eigenvalue weighted by Gasteiger charge is 2.59. The van der Waals surface area contributed by atoms with Crippen LogP contribution in [0, 0.1) is 39.9 Å². The predicted molar refractivity (Wildman–Crippen MR) is 114 cm³/mol. The maximum atomic E-state index is 10.2. The van der Waals surface area contributed by atoms with E-state index in [4.69, 9.17) is 5.73 Å². The lowest BCUT2D eigenvalue weighted by molar-refractivity contribution is -0.0409. The fraction of sp³-hybridized carbons (Fsp3) is 0.708. The molecule has 0 amide bonds. The number of fused-ring (bicyclic) bond motifs is 5. The molecule has 3 nitrogen and oxygen atoms in total. The summed E-state index contributed by atoms with van der Waals surface area (Å²) < 4.78 is 0. The van der Waals surface area contributed by atoms with E-state index in [9.17, 15) is 10.4 Å². The zero-order chi connectivity index (χ0) is 19.7. The van der Waals surface area contributed by atoms with Crippen molar-refractivity contribution < 1.29 is 5.11 Å². The molecule has 0 aromatic carbocycles. The second kappa shape index (κ2) is 6.34. The van der Waals surface area contributed by atoms with Gasteiger partial charge in [-0.1, -0.05) is 25.5 Å². The van der Waals surface area contributed by atoms with Gasteiger partial charge in [-0.15, -0.1) is 11.3 Å². The van der Waals surface area contributed by atoms with Crippen LogP contribution in [0.3, 0.4) is 0 Å². The number of nitrogens with two attached hydrogens (primary N) is 1. The molecule has 28 heavy (non-hydrogen) atoms. The molecule has 150 valence electrons. The van der Waals surface area contributed by atoms with Gasteiger partial charge in [-0.3, -0.25) is 0 Å². The molecule has 3 saturated carbocycles. The molecule has 3 fully saturated rings. The summed E-state index contributed by atoms with van der Waals surface area (Å²) in [6.07, 6.45) is 11.6. The Kier molecular flexibility index (Phi) is 4.24. The molecule has 4 heteroatoms. The van der Waals surface area contributed by atoms with Gasteiger partial charge in [0.2, 0.25) is 0 Å². The highest BCUT2D eigenvalue weighted by molar-refractivity contribution is 7.14. The largest absolute Gasteiger partial charge is 0.393 e. The van der Waals surface area contributed by atoms with Gasteiger partial charge in [-0.25, -0.2) is 0 Å². The maximum absolute atomic E-state index is 10.2. The van der Waals surface area contributed by atoms with Crippen molar-refractivity contribution in [3.63, 3.8) is 0 Å². The van der Waals surface area contributed by atoms with E-state index < -0.39 is 0 Å². The van der Waals surface area contributed by atoms with Crippen molar-refractivity contribution in [1.29, 1.82) is 5.26 Å². The number of hydrogen-bond acceptors (Lipinski definition) is 4. The van der Waals surface area contributed by atoms with Crippen LogP contribution in [0.25, 0.3) is 0 Å². The number of anilines is 1. The van der Waals surface area contributed by atoms with Gasteiger partial charge >= 0.3 is 0 Å². The number of aliphatic hydroxyl groups excluding tert-OH is 1. The van der Waals surface area contributed by atoms with Crippen molar-refractivity contribution >= 4 is 16.3 Å². The van der Waals surface area contributed by atoms with Gasteiger partial charge in [0.15, 0.2) is 0 Å². The Morgan fingerprint density at radius 3 is 2.79 bits per heavy atom. The molecule has 1 unspecified atom stereocenters. The number of rotatable bonds is 1. The molecular formula is C24H32N2OS. The topological polar surface area (TPSA) is 70.0 Å². The number of hydrogen-bond donors (Lipinski definition) is 2. The lowest BCUT2D eigenvalue weighted by atomic mass is 9.47. The molecule has 0 bridgehead atoms. The Labute approximate surface area is 172 Å². The van der Waals surface area contributed by atoms with Gasteiger partial charge < -0.3 is 10.8 Å². The van der Waals surface area contributed by atoms with Crippen molar-refractivity contribution in [1.82, 2.24) is 0 Å². The summed E-state index contributed by atoms with van der Waals surface area (Å²) in [5.74, 6) is 2.74. The van der Waals surface area contributed by atoms with Crippen LogP contribution in [0.1, 0.15) is 82.3 Å². The number of nitriles is 1. The predicted octanol–water partition coefficient (Wildman–Crippen LogP) is 5.61. The third-order valence-electron chi connectivity index (χ3n) is 9.41. The molecule has 7 atom stereocenters. The van der Waals surface area contributed by atoms with Gasteiger partial charge in [-0.2, -0.15) is 5.26 Å². The number of aliphatic hydroxyl groups is 1. The third-order valence-corrected chi connectivity index (χ3v) is 10.2. The molecule has 4 aliphatic carbocycles. The van der Waals surface area contributed by atoms with E-state index in [1.54, 1.807) is 5.57 Å². The molecule has 3 N–H and O–H groups in total. The highest BCUT2D eigenvalue weighted by Crippen LogP contribution is 2.68. The highest BCUT2D eigenvalue weighted by atomic mass is 32.1. The van der Waals surface area contributed by atoms with Crippen LogP contribution in [-0.2, 0) is 0 Å². The SMILES string of the molecule is C[C@]12CC[C@H](O)CC1=CC[C@@H]1[C@@H]2CC[C@]2(C)C(c3csc(N)c3C#N)CC[C@@H]12. The van der Waals surface area contributed by atoms with Crippen LogP contribution in [0.4, 0.5) is 5.00 Å². The average Bonchev–Trinajstić information content (AvgIpc) is 3.21. The standard InChI is InChI=1S/C24H32N2OS/c1-23-9-7-15(27)11-14(23)3-4-16-19-5-6-20(24(19,2)10-8-21(16)23)18-13-28-22(26)17(18)12-25/h3,13,15-16,19-21,27H,4-11,26H2,1-2H3/t15-,16-,19-,20?,21-,23-,24-/m0/s1. The van der Waals surface area contributed by atoms with Crippen molar-refractivity contribution in [3.8, 4) is 6.07 Å².